The molecule has 0 aliphatic heterocycles. The molecule has 0 spiro atoms. The van der Waals surface area contributed by atoms with Crippen molar-refractivity contribution in [1.82, 2.24) is 0 Å². The van der Waals surface area contributed by atoms with Crippen molar-refractivity contribution in [2.75, 3.05) is 0 Å². The molecule has 0 aromatic heterocycles. The molecule has 1 atom stereocenters. The van der Waals surface area contributed by atoms with Crippen LogP contribution in [0.4, 0.5) is 0 Å². The summed E-state index contributed by atoms with van der Waals surface area (Å²) < 4.78 is 0. The lowest BCUT2D eigenvalue weighted by Gasteiger charge is -2.29. The van der Waals surface area contributed by atoms with E-state index in [9.17, 15) is 0 Å². The standard InChI is InChI=1S/C24H36/c1-3-5-19-7-11-21(12-8-19)23-15-17-24(18-16-23)22-13-9-20(6-4-2)10-14-22/h11,15-20,22H,3-10,12-14H2,1-2H3. The van der Waals surface area contributed by atoms with Crippen molar-refractivity contribution in [2.45, 2.75) is 90.4 Å². The van der Waals surface area contributed by atoms with Crippen LogP contribution in [0.2, 0.25) is 0 Å². The Labute approximate surface area is 149 Å². The second kappa shape index (κ2) is 8.88. The molecule has 1 aromatic carbocycles. The second-order valence-corrected chi connectivity index (χ2v) is 8.29. The molecule has 1 unspecified atom stereocenters. The van der Waals surface area contributed by atoms with Crippen LogP contribution in [0.3, 0.4) is 0 Å². The van der Waals surface area contributed by atoms with Gasteiger partial charge in [0.2, 0.25) is 0 Å². The third-order valence-electron chi connectivity index (χ3n) is 6.51. The average molecular weight is 325 g/mol. The third-order valence-corrected chi connectivity index (χ3v) is 6.51. The van der Waals surface area contributed by atoms with Gasteiger partial charge >= 0.3 is 0 Å². The van der Waals surface area contributed by atoms with Crippen LogP contribution in [0.5, 0.6) is 0 Å². The van der Waals surface area contributed by atoms with Crippen LogP contribution in [-0.4, -0.2) is 0 Å². The number of benzene rings is 1. The van der Waals surface area contributed by atoms with Crippen LogP contribution in [0.25, 0.3) is 5.57 Å². The Morgan fingerprint density at radius 2 is 1.46 bits per heavy atom. The summed E-state index contributed by atoms with van der Waals surface area (Å²) in [5, 5.41) is 0. The van der Waals surface area contributed by atoms with Crippen molar-refractivity contribution >= 4 is 5.57 Å². The molecular weight excluding hydrogens is 288 g/mol. The van der Waals surface area contributed by atoms with Crippen molar-refractivity contribution in [1.29, 1.82) is 0 Å². The van der Waals surface area contributed by atoms with Crippen molar-refractivity contribution in [3.63, 3.8) is 0 Å². The zero-order chi connectivity index (χ0) is 16.8. The normalized spacial score (nSPS) is 27.8. The van der Waals surface area contributed by atoms with Crippen LogP contribution < -0.4 is 0 Å². The van der Waals surface area contributed by atoms with E-state index in [0.29, 0.717) is 0 Å². The Kier molecular flexibility index (Phi) is 6.58. The molecule has 0 nitrogen and oxygen atoms in total. The summed E-state index contributed by atoms with van der Waals surface area (Å²) in [6, 6.07) is 9.66. The van der Waals surface area contributed by atoms with Gasteiger partial charge in [-0.2, -0.15) is 0 Å². The summed E-state index contributed by atoms with van der Waals surface area (Å²) >= 11 is 0. The van der Waals surface area contributed by atoms with E-state index < -0.39 is 0 Å². The van der Waals surface area contributed by atoms with Crippen LogP contribution in [0.15, 0.2) is 30.3 Å². The SMILES string of the molecule is CCCC1CC=C(c2ccc(C3CCC(CCC)CC3)cc2)CC1. The maximum atomic E-state index is 2.52. The predicted molar refractivity (Wildman–Crippen MR) is 106 cm³/mol. The molecule has 3 rings (SSSR count). The first kappa shape index (κ1) is 17.8. The molecule has 2 aliphatic rings. The molecule has 0 bridgehead atoms. The maximum absolute atomic E-state index is 2.52. The lowest BCUT2D eigenvalue weighted by molar-refractivity contribution is 0.308. The largest absolute Gasteiger partial charge is 0.0804 e. The van der Waals surface area contributed by atoms with Crippen LogP contribution in [0, 0.1) is 11.8 Å². The van der Waals surface area contributed by atoms with Gasteiger partial charge in [0.05, 0.1) is 0 Å². The summed E-state index contributed by atoms with van der Waals surface area (Å²) in [5.74, 6) is 2.77. The first-order chi connectivity index (χ1) is 11.8. The summed E-state index contributed by atoms with van der Waals surface area (Å²) in [6.07, 6.45) is 17.8. The molecule has 0 N–H and O–H groups in total. The molecule has 0 saturated heterocycles. The molecule has 1 fully saturated rings. The highest BCUT2D eigenvalue weighted by molar-refractivity contribution is 5.66. The molecule has 0 radical (unpaired) electrons. The van der Waals surface area contributed by atoms with Gasteiger partial charge in [-0.1, -0.05) is 69.9 Å². The summed E-state index contributed by atoms with van der Waals surface area (Å²) in [5.41, 5.74) is 4.67. The summed E-state index contributed by atoms with van der Waals surface area (Å²) in [4.78, 5) is 0. The van der Waals surface area contributed by atoms with Gasteiger partial charge in [0.25, 0.3) is 0 Å². The Morgan fingerprint density at radius 1 is 0.792 bits per heavy atom. The second-order valence-electron chi connectivity index (χ2n) is 8.29. The molecule has 1 saturated carbocycles. The molecule has 0 heterocycles. The Balaban J connectivity index is 1.56. The van der Waals surface area contributed by atoms with Gasteiger partial charge < -0.3 is 0 Å². The van der Waals surface area contributed by atoms with Crippen molar-refractivity contribution in [3.8, 4) is 0 Å². The fourth-order valence-electron chi connectivity index (χ4n) is 4.98. The van der Waals surface area contributed by atoms with Crippen LogP contribution >= 0.6 is 0 Å². The van der Waals surface area contributed by atoms with E-state index in [-0.39, 0.29) is 0 Å². The summed E-state index contributed by atoms with van der Waals surface area (Å²) in [7, 11) is 0. The zero-order valence-electron chi connectivity index (χ0n) is 15.9. The van der Waals surface area contributed by atoms with Crippen LogP contribution in [0.1, 0.15) is 102 Å². The quantitative estimate of drug-likeness (QED) is 0.502. The van der Waals surface area contributed by atoms with Crippen molar-refractivity contribution < 1.29 is 0 Å². The summed E-state index contributed by atoms with van der Waals surface area (Å²) in [6.45, 7) is 4.64. The number of rotatable bonds is 6. The van der Waals surface area contributed by atoms with Gasteiger partial charge in [-0.15, -0.1) is 0 Å². The highest BCUT2D eigenvalue weighted by atomic mass is 14.3. The fourth-order valence-corrected chi connectivity index (χ4v) is 4.98. The van der Waals surface area contributed by atoms with E-state index in [1.807, 2.05) is 0 Å². The average Bonchev–Trinajstić information content (AvgIpc) is 2.64. The van der Waals surface area contributed by atoms with E-state index in [1.165, 1.54) is 76.2 Å². The minimum Gasteiger partial charge on any atom is -0.0804 e. The molecule has 2 aliphatic carbocycles. The lowest BCUT2D eigenvalue weighted by atomic mass is 9.77. The Bertz CT molecular complexity index is 513. The minimum atomic E-state index is 0.821. The van der Waals surface area contributed by atoms with Gasteiger partial charge in [-0.25, -0.2) is 0 Å². The first-order valence-electron chi connectivity index (χ1n) is 10.6. The van der Waals surface area contributed by atoms with E-state index >= 15 is 0 Å². The molecular formula is C24H36. The van der Waals surface area contributed by atoms with Crippen molar-refractivity contribution in [3.05, 3.63) is 41.5 Å². The molecule has 1 aromatic rings. The Hall–Kier alpha value is -1.04. The van der Waals surface area contributed by atoms with Crippen LogP contribution in [-0.2, 0) is 0 Å². The maximum Gasteiger partial charge on any atom is -0.0162 e. The Morgan fingerprint density at radius 3 is 2.04 bits per heavy atom. The number of hydrogen-bond donors (Lipinski definition) is 0. The predicted octanol–water partition coefficient (Wildman–Crippen LogP) is 7.74. The van der Waals surface area contributed by atoms with E-state index in [2.05, 4.69) is 44.2 Å². The number of hydrogen-bond acceptors (Lipinski definition) is 0. The topological polar surface area (TPSA) is 0 Å². The van der Waals surface area contributed by atoms with Gasteiger partial charge in [-0.3, -0.25) is 0 Å². The van der Waals surface area contributed by atoms with E-state index in [4.69, 9.17) is 0 Å². The van der Waals surface area contributed by atoms with E-state index in [0.717, 1.165) is 17.8 Å². The van der Waals surface area contributed by atoms with Crippen molar-refractivity contribution in [2.24, 2.45) is 11.8 Å². The lowest BCUT2D eigenvalue weighted by Crippen LogP contribution is -2.13. The highest BCUT2D eigenvalue weighted by Crippen LogP contribution is 2.38. The highest BCUT2D eigenvalue weighted by Gasteiger charge is 2.22. The van der Waals surface area contributed by atoms with E-state index in [1.54, 1.807) is 11.1 Å². The molecule has 0 amide bonds. The molecule has 24 heavy (non-hydrogen) atoms. The minimum absolute atomic E-state index is 0.821. The van der Waals surface area contributed by atoms with Gasteiger partial charge in [0.15, 0.2) is 0 Å². The van der Waals surface area contributed by atoms with Gasteiger partial charge in [0, 0.05) is 0 Å². The first-order valence-corrected chi connectivity index (χ1v) is 10.6. The number of allylic oxidation sites excluding steroid dienone is 2. The monoisotopic (exact) mass is 324 g/mol. The fraction of sp³-hybridized carbons (Fsp3) is 0.667. The third kappa shape index (κ3) is 4.52. The van der Waals surface area contributed by atoms with Gasteiger partial charge in [-0.05, 0) is 79.4 Å². The molecule has 132 valence electrons. The van der Waals surface area contributed by atoms with Gasteiger partial charge in [0.1, 0.15) is 0 Å². The zero-order valence-corrected chi connectivity index (χ0v) is 15.9. The molecule has 0 heteroatoms. The smallest absolute Gasteiger partial charge is 0.0162 e.